The average Bonchev–Trinajstić information content (AvgIpc) is 2.61. The Morgan fingerprint density at radius 2 is 1.75 bits per heavy atom. The Kier molecular flexibility index (Phi) is 5.80. The molecule has 0 aromatic heterocycles. The van der Waals surface area contributed by atoms with Crippen LogP contribution >= 0.6 is 11.6 Å². The molecule has 1 fully saturated rings. The van der Waals surface area contributed by atoms with Crippen LogP contribution in [-0.2, 0) is 0 Å². The van der Waals surface area contributed by atoms with Crippen molar-refractivity contribution in [2.75, 3.05) is 26.7 Å². The van der Waals surface area contributed by atoms with Gasteiger partial charge in [-0.15, -0.1) is 0 Å². The Labute approximate surface area is 149 Å². The van der Waals surface area contributed by atoms with Gasteiger partial charge in [0.15, 0.2) is 0 Å². The molecule has 0 N–H and O–H groups in total. The number of piperidine rings is 1. The van der Waals surface area contributed by atoms with Gasteiger partial charge in [-0.2, -0.15) is 0 Å². The predicted octanol–water partition coefficient (Wildman–Crippen LogP) is 4.46. The summed E-state index contributed by atoms with van der Waals surface area (Å²) in [6.07, 6.45) is 2.43. The highest BCUT2D eigenvalue weighted by Gasteiger charge is 2.17. The van der Waals surface area contributed by atoms with Crippen molar-refractivity contribution in [2.45, 2.75) is 12.8 Å². The molecular weight excluding hydrogens is 318 g/mol. The molecule has 0 atom stereocenters. The molecule has 1 aliphatic rings. The van der Waals surface area contributed by atoms with E-state index in [2.05, 4.69) is 23.8 Å². The number of hydrogen-bond acceptors (Lipinski definition) is 2. The van der Waals surface area contributed by atoms with E-state index in [1.54, 1.807) is 0 Å². The SMILES string of the molecule is CN1CCC(COc2cccc(C#Cc3ccc(Cl)cc3)c2)CC1. The van der Waals surface area contributed by atoms with Crippen molar-refractivity contribution in [1.82, 2.24) is 4.90 Å². The fourth-order valence-corrected chi connectivity index (χ4v) is 2.91. The van der Waals surface area contributed by atoms with Crippen molar-refractivity contribution in [3.63, 3.8) is 0 Å². The van der Waals surface area contributed by atoms with Crippen LogP contribution in [0.25, 0.3) is 0 Å². The van der Waals surface area contributed by atoms with Crippen molar-refractivity contribution in [3.8, 4) is 17.6 Å². The first kappa shape index (κ1) is 16.9. The van der Waals surface area contributed by atoms with E-state index in [0.29, 0.717) is 5.92 Å². The zero-order valence-corrected chi connectivity index (χ0v) is 14.7. The highest BCUT2D eigenvalue weighted by molar-refractivity contribution is 6.30. The van der Waals surface area contributed by atoms with E-state index in [4.69, 9.17) is 16.3 Å². The van der Waals surface area contributed by atoms with E-state index in [1.165, 1.54) is 25.9 Å². The molecule has 2 nitrogen and oxygen atoms in total. The maximum atomic E-state index is 5.99. The molecule has 0 spiro atoms. The molecule has 1 aliphatic heterocycles. The fourth-order valence-electron chi connectivity index (χ4n) is 2.78. The number of rotatable bonds is 3. The van der Waals surface area contributed by atoms with Crippen molar-refractivity contribution in [1.29, 1.82) is 0 Å². The number of ether oxygens (including phenoxy) is 1. The lowest BCUT2D eigenvalue weighted by molar-refractivity contribution is 0.160. The largest absolute Gasteiger partial charge is 0.493 e. The van der Waals surface area contributed by atoms with Crippen LogP contribution in [0.3, 0.4) is 0 Å². The third-order valence-corrected chi connectivity index (χ3v) is 4.61. The van der Waals surface area contributed by atoms with E-state index in [9.17, 15) is 0 Å². The summed E-state index contributed by atoms with van der Waals surface area (Å²) < 4.78 is 5.99. The summed E-state index contributed by atoms with van der Waals surface area (Å²) >= 11 is 5.89. The molecule has 2 aromatic carbocycles. The number of hydrogen-bond donors (Lipinski definition) is 0. The summed E-state index contributed by atoms with van der Waals surface area (Å²) in [5, 5.41) is 0.727. The van der Waals surface area contributed by atoms with Gasteiger partial charge in [0, 0.05) is 16.1 Å². The molecule has 2 aromatic rings. The maximum absolute atomic E-state index is 5.99. The molecule has 0 unspecified atom stereocenters. The van der Waals surface area contributed by atoms with Gasteiger partial charge in [0.1, 0.15) is 5.75 Å². The molecular formula is C21H22ClNO. The standard InChI is InChI=1S/C21H22ClNO/c1-23-13-11-19(12-14-23)16-24-21-4-2-3-18(15-21)6-5-17-7-9-20(22)10-8-17/h2-4,7-10,15,19H,11-14,16H2,1H3. The molecule has 0 saturated carbocycles. The number of halogens is 1. The Bertz CT molecular complexity index is 721. The molecule has 3 heteroatoms. The lowest BCUT2D eigenvalue weighted by Gasteiger charge is -2.28. The molecule has 124 valence electrons. The van der Waals surface area contributed by atoms with E-state index >= 15 is 0 Å². The van der Waals surface area contributed by atoms with Crippen LogP contribution in [0.1, 0.15) is 24.0 Å². The van der Waals surface area contributed by atoms with Crippen LogP contribution < -0.4 is 4.74 Å². The van der Waals surface area contributed by atoms with Gasteiger partial charge in [-0.05, 0) is 81.4 Å². The lowest BCUT2D eigenvalue weighted by Crippen LogP contribution is -2.32. The molecule has 1 heterocycles. The van der Waals surface area contributed by atoms with E-state index in [0.717, 1.165) is 28.5 Å². The Morgan fingerprint density at radius 3 is 2.50 bits per heavy atom. The van der Waals surface area contributed by atoms with Crippen LogP contribution in [0, 0.1) is 17.8 Å². The molecule has 0 aliphatic carbocycles. The lowest BCUT2D eigenvalue weighted by atomic mass is 9.98. The van der Waals surface area contributed by atoms with E-state index in [1.807, 2.05) is 48.5 Å². The minimum absolute atomic E-state index is 0.657. The molecule has 1 saturated heterocycles. The second-order valence-corrected chi connectivity index (χ2v) is 6.78. The quantitative estimate of drug-likeness (QED) is 0.765. The van der Waals surface area contributed by atoms with Gasteiger partial charge < -0.3 is 9.64 Å². The van der Waals surface area contributed by atoms with Crippen LogP contribution in [0.2, 0.25) is 5.02 Å². The molecule has 0 amide bonds. The molecule has 0 bridgehead atoms. The second-order valence-electron chi connectivity index (χ2n) is 6.34. The molecule has 0 radical (unpaired) electrons. The number of likely N-dealkylation sites (tertiary alicyclic amines) is 1. The van der Waals surface area contributed by atoms with E-state index in [-0.39, 0.29) is 0 Å². The minimum Gasteiger partial charge on any atom is -0.493 e. The van der Waals surface area contributed by atoms with Gasteiger partial charge in [0.05, 0.1) is 6.61 Å². The summed E-state index contributed by atoms with van der Waals surface area (Å²) in [5.41, 5.74) is 1.92. The number of benzene rings is 2. The van der Waals surface area contributed by atoms with Crippen LogP contribution in [0.4, 0.5) is 0 Å². The summed E-state index contributed by atoms with van der Waals surface area (Å²) in [6.45, 7) is 3.13. The fraction of sp³-hybridized carbons (Fsp3) is 0.333. The Hall–Kier alpha value is -1.95. The Balaban J connectivity index is 1.59. The smallest absolute Gasteiger partial charge is 0.120 e. The van der Waals surface area contributed by atoms with Gasteiger partial charge >= 0.3 is 0 Å². The third kappa shape index (κ3) is 5.03. The van der Waals surface area contributed by atoms with Gasteiger partial charge in [-0.25, -0.2) is 0 Å². The van der Waals surface area contributed by atoms with Crippen molar-refractivity contribution in [2.24, 2.45) is 5.92 Å². The van der Waals surface area contributed by atoms with Gasteiger partial charge in [-0.3, -0.25) is 0 Å². The third-order valence-electron chi connectivity index (χ3n) is 4.35. The summed E-state index contributed by atoms with van der Waals surface area (Å²) in [4.78, 5) is 2.38. The predicted molar refractivity (Wildman–Crippen MR) is 99.6 cm³/mol. The van der Waals surface area contributed by atoms with Gasteiger partial charge in [0.2, 0.25) is 0 Å². The van der Waals surface area contributed by atoms with Crippen molar-refractivity contribution >= 4 is 11.6 Å². The summed E-state index contributed by atoms with van der Waals surface area (Å²) in [5.74, 6) is 7.90. The Morgan fingerprint density at radius 1 is 1.04 bits per heavy atom. The maximum Gasteiger partial charge on any atom is 0.120 e. The highest BCUT2D eigenvalue weighted by Crippen LogP contribution is 2.19. The zero-order chi connectivity index (χ0) is 16.8. The summed E-state index contributed by atoms with van der Waals surface area (Å²) in [6, 6.07) is 15.6. The topological polar surface area (TPSA) is 12.5 Å². The first-order valence-corrected chi connectivity index (χ1v) is 8.76. The normalized spacial score (nSPS) is 15.6. The van der Waals surface area contributed by atoms with E-state index < -0.39 is 0 Å². The molecule has 24 heavy (non-hydrogen) atoms. The summed E-state index contributed by atoms with van der Waals surface area (Å²) in [7, 11) is 2.18. The van der Waals surface area contributed by atoms with Crippen LogP contribution in [-0.4, -0.2) is 31.6 Å². The van der Waals surface area contributed by atoms with Crippen molar-refractivity contribution < 1.29 is 4.74 Å². The first-order chi connectivity index (χ1) is 11.7. The monoisotopic (exact) mass is 339 g/mol. The first-order valence-electron chi connectivity index (χ1n) is 8.38. The van der Waals surface area contributed by atoms with Crippen molar-refractivity contribution in [3.05, 3.63) is 64.7 Å². The van der Waals surface area contributed by atoms with Gasteiger partial charge in [0.25, 0.3) is 0 Å². The van der Waals surface area contributed by atoms with Crippen LogP contribution in [0.15, 0.2) is 48.5 Å². The second kappa shape index (κ2) is 8.24. The number of nitrogens with zero attached hydrogens (tertiary/aromatic N) is 1. The highest BCUT2D eigenvalue weighted by atomic mass is 35.5. The average molecular weight is 340 g/mol. The van der Waals surface area contributed by atoms with Gasteiger partial charge in [-0.1, -0.05) is 29.5 Å². The van der Waals surface area contributed by atoms with Crippen LogP contribution in [0.5, 0.6) is 5.75 Å². The zero-order valence-electron chi connectivity index (χ0n) is 14.0. The molecule has 3 rings (SSSR count). The minimum atomic E-state index is 0.657.